The van der Waals surface area contributed by atoms with E-state index in [1.165, 1.54) is 26.0 Å². The standard InChI is InChI=1S/C35H56N4O5S/c1-20(2)15-28-29(21(3)4)19-39(31(28)40)33(42)36-18-25(8)30-23(6)16-27(17-24(30)7)45(43,44)38-32(41)37-35(12)14-13-22(5)26(9)34(35,10)11/h16-17,20-22,25-26H,13-15,18-19H2,1-12H3,(H,36,42)(H2,37,38,41)/t22-,25?,26?,35-/m1/s1/i15D2,20D. The molecule has 1 aliphatic carbocycles. The molecule has 2 unspecified atom stereocenters. The van der Waals surface area contributed by atoms with Crippen LogP contribution < -0.4 is 15.4 Å². The fourth-order valence-corrected chi connectivity index (χ4v) is 7.98. The van der Waals surface area contributed by atoms with Crippen molar-refractivity contribution in [2.75, 3.05) is 13.1 Å². The smallest absolute Gasteiger partial charge is 0.329 e. The fourth-order valence-electron chi connectivity index (χ4n) is 6.90. The molecule has 45 heavy (non-hydrogen) atoms. The van der Waals surface area contributed by atoms with Gasteiger partial charge in [-0.3, -0.25) is 9.69 Å². The van der Waals surface area contributed by atoms with Crippen LogP contribution >= 0.6 is 0 Å². The first-order valence-corrected chi connectivity index (χ1v) is 17.5. The largest absolute Gasteiger partial charge is 0.337 e. The van der Waals surface area contributed by atoms with Crippen LogP contribution in [-0.2, 0) is 14.8 Å². The average Bonchev–Trinajstić information content (AvgIpc) is 3.30. The van der Waals surface area contributed by atoms with E-state index in [2.05, 4.69) is 43.1 Å². The second-order valence-electron chi connectivity index (χ2n) is 14.5. The summed E-state index contributed by atoms with van der Waals surface area (Å²) in [6.45, 7) is 22.5. The van der Waals surface area contributed by atoms with E-state index in [4.69, 9.17) is 4.11 Å². The van der Waals surface area contributed by atoms with Crippen LogP contribution in [0.15, 0.2) is 28.2 Å². The van der Waals surface area contributed by atoms with E-state index >= 15 is 0 Å². The zero-order valence-electron chi connectivity index (χ0n) is 32.2. The van der Waals surface area contributed by atoms with Crippen LogP contribution in [0.3, 0.4) is 0 Å². The molecule has 4 atom stereocenters. The van der Waals surface area contributed by atoms with Crippen LogP contribution in [-0.4, -0.2) is 49.9 Å². The molecule has 0 aromatic heterocycles. The minimum absolute atomic E-state index is 0.0447. The molecule has 0 saturated heterocycles. The number of aryl methyl sites for hydroxylation is 2. The zero-order chi connectivity index (χ0) is 36.9. The van der Waals surface area contributed by atoms with Crippen LogP contribution in [0.25, 0.3) is 0 Å². The van der Waals surface area contributed by atoms with Crippen LogP contribution in [0.2, 0.25) is 0 Å². The molecule has 1 heterocycles. The highest BCUT2D eigenvalue weighted by molar-refractivity contribution is 7.90. The van der Waals surface area contributed by atoms with Crippen molar-refractivity contribution in [1.29, 1.82) is 0 Å². The molecule has 1 fully saturated rings. The lowest BCUT2D eigenvalue weighted by molar-refractivity contribution is -0.123. The molecule has 3 N–H and O–H groups in total. The fraction of sp³-hybridized carbons (Fsp3) is 0.686. The Kier molecular flexibility index (Phi) is 9.60. The number of amides is 5. The molecule has 2 aliphatic rings. The van der Waals surface area contributed by atoms with Gasteiger partial charge in [-0.25, -0.2) is 22.7 Å². The number of hydrogen-bond acceptors (Lipinski definition) is 5. The van der Waals surface area contributed by atoms with Gasteiger partial charge in [-0.15, -0.1) is 0 Å². The summed E-state index contributed by atoms with van der Waals surface area (Å²) < 4.78 is 54.4. The van der Waals surface area contributed by atoms with Gasteiger partial charge >= 0.3 is 12.1 Å². The maximum atomic E-state index is 13.4. The van der Waals surface area contributed by atoms with E-state index < -0.39 is 45.8 Å². The molecular formula is C35H56N4O5S. The molecular weight excluding hydrogens is 588 g/mol. The molecule has 1 aromatic rings. The van der Waals surface area contributed by atoms with Crippen molar-refractivity contribution >= 4 is 28.0 Å². The molecule has 3 rings (SSSR count). The lowest BCUT2D eigenvalue weighted by Crippen LogP contribution is -2.63. The Morgan fingerprint density at radius 3 is 2.20 bits per heavy atom. The molecule has 10 heteroatoms. The van der Waals surface area contributed by atoms with Crippen molar-refractivity contribution < 1.29 is 26.9 Å². The summed E-state index contributed by atoms with van der Waals surface area (Å²) in [5.74, 6) is -1.99. The number of carbonyl (C=O) groups excluding carboxylic acids is 3. The van der Waals surface area contributed by atoms with Crippen molar-refractivity contribution in [1.82, 2.24) is 20.3 Å². The van der Waals surface area contributed by atoms with Gasteiger partial charge in [0.1, 0.15) is 0 Å². The maximum absolute atomic E-state index is 13.4. The van der Waals surface area contributed by atoms with Crippen molar-refractivity contribution in [2.45, 2.75) is 119 Å². The van der Waals surface area contributed by atoms with Gasteiger partial charge in [0, 0.05) is 21.8 Å². The third-order valence-corrected chi connectivity index (χ3v) is 11.8. The number of nitrogens with zero attached hydrogens (tertiary/aromatic N) is 1. The summed E-state index contributed by atoms with van der Waals surface area (Å²) in [5, 5.41) is 5.76. The molecule has 0 spiro atoms. The Morgan fingerprint density at radius 1 is 1.09 bits per heavy atom. The molecule has 1 saturated carbocycles. The Labute approximate surface area is 275 Å². The first-order chi connectivity index (χ1) is 21.7. The molecule has 0 radical (unpaired) electrons. The van der Waals surface area contributed by atoms with Gasteiger partial charge in [-0.1, -0.05) is 62.3 Å². The van der Waals surface area contributed by atoms with Gasteiger partial charge < -0.3 is 10.6 Å². The highest BCUT2D eigenvalue weighted by Gasteiger charge is 2.50. The molecule has 1 aromatic carbocycles. The van der Waals surface area contributed by atoms with E-state index in [-0.39, 0.29) is 40.8 Å². The SMILES string of the molecule is [2H]C(C)(C)C([2H])([2H])C1=C(C(C)C)CN(C(=O)NCC(C)c2c(C)cc(S(=O)(=O)NC(=O)N[C@]3(C)CC[C@@H](C)C(C)C3(C)C)cc2C)C1=O. The van der Waals surface area contributed by atoms with Crippen molar-refractivity contribution in [3.63, 3.8) is 0 Å². The number of rotatable bonds is 9. The van der Waals surface area contributed by atoms with Crippen LogP contribution in [0.5, 0.6) is 0 Å². The van der Waals surface area contributed by atoms with Crippen molar-refractivity contribution in [3.05, 3.63) is 40.0 Å². The minimum atomic E-state index is -4.19. The molecule has 5 amide bonds. The van der Waals surface area contributed by atoms with Gasteiger partial charge in [-0.2, -0.15) is 0 Å². The third-order valence-electron chi connectivity index (χ3n) is 10.5. The summed E-state index contributed by atoms with van der Waals surface area (Å²) in [6.07, 6.45) is -0.597. The molecule has 1 aliphatic heterocycles. The summed E-state index contributed by atoms with van der Waals surface area (Å²) in [6, 6.07) is 1.58. The predicted molar refractivity (Wildman–Crippen MR) is 179 cm³/mol. The molecule has 9 nitrogen and oxygen atoms in total. The maximum Gasteiger partial charge on any atom is 0.329 e. The highest BCUT2D eigenvalue weighted by Crippen LogP contribution is 2.49. The van der Waals surface area contributed by atoms with Crippen LogP contribution in [0.4, 0.5) is 9.59 Å². The quantitative estimate of drug-likeness (QED) is 0.272. The topological polar surface area (TPSA) is 125 Å². The monoisotopic (exact) mass is 647 g/mol. The Hall–Kier alpha value is -2.88. The second kappa shape index (κ2) is 13.5. The number of urea groups is 2. The molecule has 252 valence electrons. The Morgan fingerprint density at radius 2 is 1.67 bits per heavy atom. The van der Waals surface area contributed by atoms with Gasteiger partial charge in [-0.05, 0) is 109 Å². The summed E-state index contributed by atoms with van der Waals surface area (Å²) >= 11 is 0. The lowest BCUT2D eigenvalue weighted by atomic mass is 9.56. The van der Waals surface area contributed by atoms with E-state index in [1.54, 1.807) is 13.8 Å². The highest BCUT2D eigenvalue weighted by atomic mass is 32.2. The minimum Gasteiger partial charge on any atom is -0.337 e. The number of carbonyl (C=O) groups is 3. The van der Waals surface area contributed by atoms with E-state index in [0.717, 1.165) is 23.3 Å². The Balaban J connectivity index is 1.73. The van der Waals surface area contributed by atoms with E-state index in [0.29, 0.717) is 28.5 Å². The summed E-state index contributed by atoms with van der Waals surface area (Å²) in [5.41, 5.74) is 1.67. The number of hydrogen-bond donors (Lipinski definition) is 3. The van der Waals surface area contributed by atoms with E-state index in [9.17, 15) is 22.8 Å². The first-order valence-electron chi connectivity index (χ1n) is 17.5. The van der Waals surface area contributed by atoms with Crippen molar-refractivity contribution in [2.24, 2.45) is 29.1 Å². The second-order valence-corrected chi connectivity index (χ2v) is 16.2. The van der Waals surface area contributed by atoms with Crippen LogP contribution in [0, 0.1) is 42.9 Å². The zero-order valence-corrected chi connectivity index (χ0v) is 30.0. The van der Waals surface area contributed by atoms with Gasteiger partial charge in [0.25, 0.3) is 15.9 Å². The molecule has 0 bridgehead atoms. The number of sulfonamides is 1. The van der Waals surface area contributed by atoms with Crippen molar-refractivity contribution in [3.8, 4) is 0 Å². The predicted octanol–water partition coefficient (Wildman–Crippen LogP) is 6.80. The van der Waals surface area contributed by atoms with Gasteiger partial charge in [0.15, 0.2) is 0 Å². The van der Waals surface area contributed by atoms with Gasteiger partial charge in [0.05, 0.1) is 11.4 Å². The first kappa shape index (κ1) is 32.1. The Bertz CT molecular complexity index is 1580. The number of imide groups is 1. The third kappa shape index (κ3) is 7.58. The van der Waals surface area contributed by atoms with E-state index in [1.807, 2.05) is 27.7 Å². The van der Waals surface area contributed by atoms with Gasteiger partial charge in [0.2, 0.25) is 0 Å². The summed E-state index contributed by atoms with van der Waals surface area (Å²) in [4.78, 5) is 40.7. The summed E-state index contributed by atoms with van der Waals surface area (Å²) in [7, 11) is -4.19. The average molecular weight is 648 g/mol. The lowest BCUT2D eigenvalue weighted by Gasteiger charge is -2.54. The van der Waals surface area contributed by atoms with Crippen LogP contribution in [0.1, 0.15) is 115 Å². The number of benzene rings is 1. The number of nitrogens with one attached hydrogen (secondary N) is 3. The normalized spacial score (nSPS) is 25.8.